The van der Waals surface area contributed by atoms with Crippen LogP contribution >= 0.6 is 0 Å². The zero-order valence-electron chi connectivity index (χ0n) is 9.03. The summed E-state index contributed by atoms with van der Waals surface area (Å²) in [6.45, 7) is 5.23. The quantitative estimate of drug-likeness (QED) is 0.511. The van der Waals surface area contributed by atoms with Crippen molar-refractivity contribution in [1.29, 1.82) is 0 Å². The molecule has 88 valence electrons. The summed E-state index contributed by atoms with van der Waals surface area (Å²) in [5.74, 6) is -0.675. The molecule has 0 atom stereocenters. The topological polar surface area (TPSA) is 71.4 Å². The maximum atomic E-state index is 11.4. The first-order chi connectivity index (χ1) is 6.83. The van der Waals surface area contributed by atoms with Crippen LogP contribution in [0.5, 0.6) is 0 Å². The average molecular weight is 234 g/mol. The van der Waals surface area contributed by atoms with Gasteiger partial charge in [0.25, 0.3) is 0 Å². The van der Waals surface area contributed by atoms with Crippen molar-refractivity contribution in [2.75, 3.05) is 11.5 Å². The van der Waals surface area contributed by atoms with Crippen LogP contribution in [0.3, 0.4) is 0 Å². The molecule has 0 aliphatic rings. The molecule has 0 fully saturated rings. The van der Waals surface area contributed by atoms with E-state index in [1.807, 2.05) is 0 Å². The zero-order valence-corrected chi connectivity index (χ0v) is 9.85. The van der Waals surface area contributed by atoms with Crippen molar-refractivity contribution >= 4 is 15.8 Å². The lowest BCUT2D eigenvalue weighted by Crippen LogP contribution is -2.11. The van der Waals surface area contributed by atoms with Crippen LogP contribution in [0.1, 0.15) is 32.6 Å². The van der Waals surface area contributed by atoms with E-state index in [1.54, 1.807) is 6.92 Å². The first kappa shape index (κ1) is 14.2. The summed E-state index contributed by atoms with van der Waals surface area (Å²) in [4.78, 5) is 10.2. The number of aliphatic carboxylic acids is 1. The summed E-state index contributed by atoms with van der Waals surface area (Å²) in [6.07, 6.45) is 1.82. The molecule has 0 aromatic rings. The summed E-state index contributed by atoms with van der Waals surface area (Å²) in [5, 5.41) is 8.36. The van der Waals surface area contributed by atoms with Crippen LogP contribution in [0.15, 0.2) is 12.2 Å². The molecule has 0 heterocycles. The summed E-state index contributed by atoms with van der Waals surface area (Å²) < 4.78 is 22.7. The third-order valence-corrected chi connectivity index (χ3v) is 3.66. The highest BCUT2D eigenvalue weighted by Gasteiger charge is 2.10. The van der Waals surface area contributed by atoms with Gasteiger partial charge < -0.3 is 5.11 Å². The van der Waals surface area contributed by atoms with E-state index in [0.717, 1.165) is 0 Å². The molecule has 4 nitrogen and oxygen atoms in total. The van der Waals surface area contributed by atoms with E-state index in [1.165, 1.54) is 0 Å². The van der Waals surface area contributed by atoms with Gasteiger partial charge in [0.2, 0.25) is 0 Å². The SMILES string of the molecule is C=C(C)CS(=O)(=O)CCCCCC(=O)O. The van der Waals surface area contributed by atoms with Gasteiger partial charge in [0.15, 0.2) is 9.84 Å². The Kier molecular flexibility index (Phi) is 6.24. The van der Waals surface area contributed by atoms with Gasteiger partial charge in [-0.05, 0) is 19.8 Å². The van der Waals surface area contributed by atoms with Crippen molar-refractivity contribution in [3.8, 4) is 0 Å². The minimum atomic E-state index is -3.03. The van der Waals surface area contributed by atoms with Crippen molar-refractivity contribution in [3.63, 3.8) is 0 Å². The highest BCUT2D eigenvalue weighted by Crippen LogP contribution is 2.05. The maximum Gasteiger partial charge on any atom is 0.303 e. The second kappa shape index (κ2) is 6.61. The van der Waals surface area contributed by atoms with E-state index in [0.29, 0.717) is 24.8 Å². The maximum absolute atomic E-state index is 11.4. The minimum Gasteiger partial charge on any atom is -0.481 e. The highest BCUT2D eigenvalue weighted by molar-refractivity contribution is 7.91. The summed E-state index contributed by atoms with van der Waals surface area (Å²) in [7, 11) is -3.03. The molecule has 0 aromatic heterocycles. The lowest BCUT2D eigenvalue weighted by Gasteiger charge is -2.03. The molecule has 0 saturated heterocycles. The summed E-state index contributed by atoms with van der Waals surface area (Å²) in [5.41, 5.74) is 0.639. The van der Waals surface area contributed by atoms with Gasteiger partial charge >= 0.3 is 5.97 Å². The standard InChI is InChI=1S/C10H18O4S/c1-9(2)8-15(13,14)7-5-3-4-6-10(11)12/h1,3-8H2,2H3,(H,11,12). The number of hydrogen-bond acceptors (Lipinski definition) is 3. The van der Waals surface area contributed by atoms with Crippen molar-refractivity contribution in [2.24, 2.45) is 0 Å². The highest BCUT2D eigenvalue weighted by atomic mass is 32.2. The van der Waals surface area contributed by atoms with Crippen molar-refractivity contribution in [1.82, 2.24) is 0 Å². The molecule has 5 heteroatoms. The Hall–Kier alpha value is -0.840. The Labute approximate surface area is 90.9 Å². The Balaban J connectivity index is 3.67. The van der Waals surface area contributed by atoms with Crippen LogP contribution in [-0.2, 0) is 14.6 Å². The van der Waals surface area contributed by atoms with Gasteiger partial charge in [-0.2, -0.15) is 0 Å². The third kappa shape index (κ3) is 9.46. The van der Waals surface area contributed by atoms with Gasteiger partial charge in [-0.3, -0.25) is 4.79 Å². The van der Waals surface area contributed by atoms with Gasteiger partial charge in [0.05, 0.1) is 11.5 Å². The van der Waals surface area contributed by atoms with E-state index in [-0.39, 0.29) is 17.9 Å². The molecule has 0 rings (SSSR count). The number of carbonyl (C=O) groups is 1. The molecule has 0 saturated carbocycles. The van der Waals surface area contributed by atoms with Gasteiger partial charge in [-0.25, -0.2) is 8.42 Å². The molecule has 0 radical (unpaired) electrons. The monoisotopic (exact) mass is 234 g/mol. The van der Waals surface area contributed by atoms with E-state index >= 15 is 0 Å². The largest absolute Gasteiger partial charge is 0.481 e. The van der Waals surface area contributed by atoms with Gasteiger partial charge in [0.1, 0.15) is 0 Å². The van der Waals surface area contributed by atoms with Crippen LogP contribution in [0.2, 0.25) is 0 Å². The van der Waals surface area contributed by atoms with Crippen LogP contribution in [-0.4, -0.2) is 31.0 Å². The molecule has 0 aromatic carbocycles. The zero-order chi connectivity index (χ0) is 11.9. The van der Waals surface area contributed by atoms with Gasteiger partial charge in [-0.1, -0.05) is 18.6 Å². The van der Waals surface area contributed by atoms with E-state index in [4.69, 9.17) is 5.11 Å². The number of carboxylic acid groups (broad SMARTS) is 1. The first-order valence-corrected chi connectivity index (χ1v) is 6.72. The molecule has 0 aliphatic heterocycles. The number of unbranched alkanes of at least 4 members (excludes halogenated alkanes) is 2. The second-order valence-electron chi connectivity index (χ2n) is 3.75. The van der Waals surface area contributed by atoms with Crippen molar-refractivity contribution < 1.29 is 18.3 Å². The Morgan fingerprint density at radius 1 is 1.27 bits per heavy atom. The summed E-state index contributed by atoms with van der Waals surface area (Å²) >= 11 is 0. The van der Waals surface area contributed by atoms with E-state index in [2.05, 4.69) is 6.58 Å². The lowest BCUT2D eigenvalue weighted by atomic mass is 10.2. The van der Waals surface area contributed by atoms with Crippen LogP contribution in [0.25, 0.3) is 0 Å². The van der Waals surface area contributed by atoms with E-state index in [9.17, 15) is 13.2 Å². The fraction of sp³-hybridized carbons (Fsp3) is 0.700. The molecule has 15 heavy (non-hydrogen) atoms. The second-order valence-corrected chi connectivity index (χ2v) is 5.94. The van der Waals surface area contributed by atoms with Crippen molar-refractivity contribution in [3.05, 3.63) is 12.2 Å². The van der Waals surface area contributed by atoms with Gasteiger partial charge in [0, 0.05) is 6.42 Å². The molecule has 0 unspecified atom stereocenters. The van der Waals surface area contributed by atoms with E-state index < -0.39 is 15.8 Å². The predicted octanol–water partition coefficient (Wildman–Crippen LogP) is 1.62. The lowest BCUT2D eigenvalue weighted by molar-refractivity contribution is -0.137. The molecule has 1 N–H and O–H groups in total. The molecular weight excluding hydrogens is 216 g/mol. The van der Waals surface area contributed by atoms with Gasteiger partial charge in [-0.15, -0.1) is 0 Å². The molecule has 0 aliphatic carbocycles. The molecular formula is C10H18O4S. The smallest absolute Gasteiger partial charge is 0.303 e. The Morgan fingerprint density at radius 2 is 1.87 bits per heavy atom. The Morgan fingerprint density at radius 3 is 2.33 bits per heavy atom. The van der Waals surface area contributed by atoms with Crippen molar-refractivity contribution in [2.45, 2.75) is 32.6 Å². The predicted molar refractivity (Wildman–Crippen MR) is 59.6 cm³/mol. The fourth-order valence-electron chi connectivity index (χ4n) is 1.22. The molecule has 0 bridgehead atoms. The number of carboxylic acids is 1. The normalized spacial score (nSPS) is 11.3. The molecule has 0 amide bonds. The minimum absolute atomic E-state index is 0.0337. The third-order valence-electron chi connectivity index (χ3n) is 1.81. The summed E-state index contributed by atoms with van der Waals surface area (Å²) in [6, 6.07) is 0. The number of rotatable bonds is 8. The van der Waals surface area contributed by atoms with Crippen LogP contribution < -0.4 is 0 Å². The van der Waals surface area contributed by atoms with Crippen LogP contribution in [0.4, 0.5) is 0 Å². The Bertz CT molecular complexity index is 316. The van der Waals surface area contributed by atoms with Crippen LogP contribution in [0, 0.1) is 0 Å². The number of hydrogen-bond donors (Lipinski definition) is 1. The average Bonchev–Trinajstić information content (AvgIpc) is 1.99. The molecule has 0 spiro atoms. The number of sulfone groups is 1. The first-order valence-electron chi connectivity index (χ1n) is 4.90. The fourth-order valence-corrected chi connectivity index (χ4v) is 2.76.